The fourth-order valence-corrected chi connectivity index (χ4v) is 2.29. The fraction of sp³-hybridized carbons (Fsp3) is 0. The average Bonchev–Trinajstić information content (AvgIpc) is 2.42. The third-order valence-electron chi connectivity index (χ3n) is 1.65. The number of nitrogens with one attached hydrogen (secondary N) is 1. The molecule has 0 saturated carbocycles. The van der Waals surface area contributed by atoms with Gasteiger partial charge in [0.15, 0.2) is 0 Å². The first kappa shape index (κ1) is 16.7. The molecule has 0 bridgehead atoms. The molecule has 15 heavy (non-hydrogen) atoms. The van der Waals surface area contributed by atoms with E-state index in [1.807, 2.05) is 4.72 Å². The van der Waals surface area contributed by atoms with Gasteiger partial charge in [-0.2, -0.15) is 0 Å². The van der Waals surface area contributed by atoms with E-state index in [-0.39, 0.29) is 34.4 Å². The van der Waals surface area contributed by atoms with E-state index in [1.54, 1.807) is 12.1 Å². The zero-order chi connectivity index (χ0) is 10.8. The first-order valence-corrected chi connectivity index (χ1v) is 15.2. The second-order valence-electron chi connectivity index (χ2n) is 2.43. The molecule has 0 radical (unpaired) electrons. The topological polar surface area (TPSA) is 63.2 Å². The van der Waals surface area contributed by atoms with Crippen molar-refractivity contribution in [2.45, 2.75) is 4.90 Å². The van der Waals surface area contributed by atoms with Crippen LogP contribution in [0.3, 0.4) is 0 Å². The van der Waals surface area contributed by atoms with E-state index in [1.165, 1.54) is 12.1 Å². The van der Waals surface area contributed by atoms with Crippen LogP contribution in [-0.2, 0) is 10.0 Å². The van der Waals surface area contributed by atoms with Gasteiger partial charge in [-0.15, -0.1) is 24.0 Å². The third-order valence-corrected chi connectivity index (χ3v) is 3.04. The molecule has 0 fully saturated rings. The zero-order valence-electron chi connectivity index (χ0n) is 7.73. The number of fused-ring (bicyclic) bond motifs is 1. The van der Waals surface area contributed by atoms with Crippen LogP contribution in [0, 0.1) is 0 Å². The van der Waals surface area contributed by atoms with Gasteiger partial charge in [0.05, 0.1) is 5.56 Å². The maximum atomic E-state index is 11.1. The molecule has 1 aliphatic rings. The molecule has 4 nitrogen and oxygen atoms in total. The number of benzene rings is 1. The second kappa shape index (κ2) is 7.23. The van der Waals surface area contributed by atoms with Crippen molar-refractivity contribution in [3.05, 3.63) is 29.8 Å². The van der Waals surface area contributed by atoms with Gasteiger partial charge in [-0.05, 0) is 12.1 Å². The molecule has 1 aromatic rings. The van der Waals surface area contributed by atoms with E-state index in [0.717, 1.165) is 42.7 Å². The fourth-order valence-electron chi connectivity index (χ4n) is 1.12. The van der Waals surface area contributed by atoms with Crippen molar-refractivity contribution in [3.63, 3.8) is 0 Å². The molecule has 0 aromatic heterocycles. The summed E-state index contributed by atoms with van der Waals surface area (Å²) >= 11 is 3.37. The molecule has 1 aliphatic heterocycles. The van der Waals surface area contributed by atoms with Crippen LogP contribution in [0.4, 0.5) is 0 Å². The molecule has 2 rings (SSSR count). The Morgan fingerprint density at radius 3 is 2.27 bits per heavy atom. The molecule has 1 N–H and O–H groups in total. The molecule has 1 amide bonds. The molecule has 0 spiro atoms. The Balaban J connectivity index is 0.000000617. The summed E-state index contributed by atoms with van der Waals surface area (Å²) in [5.74, 6) is -0.550. The van der Waals surface area contributed by atoms with Crippen LogP contribution in [0.15, 0.2) is 29.2 Å². The summed E-state index contributed by atoms with van der Waals surface area (Å²) in [6.45, 7) is 0. The van der Waals surface area contributed by atoms with E-state index in [0.29, 0.717) is 0 Å². The van der Waals surface area contributed by atoms with Gasteiger partial charge in [-0.1, -0.05) is 12.1 Å². The van der Waals surface area contributed by atoms with Crippen molar-refractivity contribution in [2.75, 3.05) is 0 Å². The summed E-state index contributed by atoms with van der Waals surface area (Å²) in [6, 6.07) is 6.09. The molecular formula is C7H6I2KNO3S. The van der Waals surface area contributed by atoms with Gasteiger partial charge in [-0.3, -0.25) is 4.79 Å². The number of carbonyl (C=O) groups excluding carboxylic acids is 1. The summed E-state index contributed by atoms with van der Waals surface area (Å²) in [7, 11) is -3.55. The van der Waals surface area contributed by atoms with E-state index in [4.69, 9.17) is 0 Å². The number of hydrogen-bond donors (Lipinski definition) is 1. The Morgan fingerprint density at radius 1 is 1.20 bits per heavy atom. The summed E-state index contributed by atoms with van der Waals surface area (Å²) in [6.07, 6.45) is 0. The van der Waals surface area contributed by atoms with Crippen molar-refractivity contribution in [1.29, 1.82) is 0 Å². The van der Waals surface area contributed by atoms with Crippen LogP contribution in [-0.4, -0.2) is 57.0 Å². The van der Waals surface area contributed by atoms with Gasteiger partial charge < -0.3 is 0 Å². The van der Waals surface area contributed by atoms with Crippen LogP contribution in [0.1, 0.15) is 10.4 Å². The number of carbonyl (C=O) groups is 1. The van der Waals surface area contributed by atoms with Gasteiger partial charge >= 0.3 is 54.0 Å². The normalized spacial score (nSPS) is 15.3. The second-order valence-corrected chi connectivity index (χ2v) is 4.08. The first-order valence-electron chi connectivity index (χ1n) is 3.65. The Hall–Kier alpha value is 1.74. The minimum atomic E-state index is -3.55. The molecule has 8 heteroatoms. The molecule has 1 heterocycles. The quantitative estimate of drug-likeness (QED) is 0.452. The predicted molar refractivity (Wildman–Crippen MR) is 76.3 cm³/mol. The zero-order valence-corrected chi connectivity index (χ0v) is 16.2. The van der Waals surface area contributed by atoms with Crippen molar-refractivity contribution >= 4 is 93.9 Å². The van der Waals surface area contributed by atoms with Crippen molar-refractivity contribution < 1.29 is 13.2 Å². The minimum absolute atomic E-state index is 0. The first-order chi connectivity index (χ1) is 6.61. The van der Waals surface area contributed by atoms with Crippen molar-refractivity contribution in [3.8, 4) is 0 Å². The molecule has 0 saturated heterocycles. The standard InChI is InChI=1S/C7H5NO3S.2HI.K/c9-7-5-3-1-2-4-6(5)12(10,11)8-7;;;/h1-4H,(H,8,9);2*1H;/q;;;+1/p-1. The van der Waals surface area contributed by atoms with E-state index >= 15 is 0 Å². The van der Waals surface area contributed by atoms with Gasteiger partial charge in [-0.25, -0.2) is 13.1 Å². The van der Waals surface area contributed by atoms with Gasteiger partial charge in [0.25, 0.3) is 15.9 Å². The number of hydrogen-bond acceptors (Lipinski definition) is 3. The van der Waals surface area contributed by atoms with Crippen LogP contribution in [0.2, 0.25) is 0 Å². The molecule has 78 valence electrons. The van der Waals surface area contributed by atoms with E-state index in [9.17, 15) is 13.2 Å². The van der Waals surface area contributed by atoms with Crippen LogP contribution in [0.25, 0.3) is 0 Å². The number of sulfonamides is 1. The monoisotopic (exact) mass is 477 g/mol. The van der Waals surface area contributed by atoms with Crippen molar-refractivity contribution in [1.82, 2.24) is 4.72 Å². The summed E-state index contributed by atoms with van der Waals surface area (Å²) in [5, 5.41) is 0. The third kappa shape index (κ3) is 3.86. The molecule has 0 unspecified atom stereocenters. The van der Waals surface area contributed by atoms with Crippen LogP contribution < -0.4 is 4.72 Å². The Kier molecular flexibility index (Phi) is 8.07. The van der Waals surface area contributed by atoms with Crippen molar-refractivity contribution in [2.24, 2.45) is 0 Å². The van der Waals surface area contributed by atoms with Crippen LogP contribution in [0.5, 0.6) is 0 Å². The SMILES string of the molecule is I.O=C1NS(=O)(=O)c2ccccc21.[K][I]. The number of amides is 1. The Labute approximate surface area is 143 Å². The molecule has 0 aliphatic carbocycles. The van der Waals surface area contributed by atoms with Gasteiger partial charge in [0, 0.05) is 0 Å². The van der Waals surface area contributed by atoms with Gasteiger partial charge in [0.1, 0.15) is 4.90 Å². The maximum absolute atomic E-state index is 11.1. The Morgan fingerprint density at radius 2 is 1.73 bits per heavy atom. The summed E-state index contributed by atoms with van der Waals surface area (Å²) in [4.78, 5) is 11.1. The number of rotatable bonds is 0. The van der Waals surface area contributed by atoms with Gasteiger partial charge in [0.2, 0.25) is 0 Å². The average molecular weight is 477 g/mol. The Bertz CT molecular complexity index is 463. The van der Waals surface area contributed by atoms with Crippen LogP contribution >= 0.6 is 35.3 Å². The predicted octanol–water partition coefficient (Wildman–Crippen LogP) is 1.24. The van der Waals surface area contributed by atoms with E-state index in [2.05, 4.69) is 11.3 Å². The van der Waals surface area contributed by atoms with E-state index < -0.39 is 15.9 Å². The molecule has 1 aromatic carbocycles. The summed E-state index contributed by atoms with van der Waals surface area (Å²) in [5.41, 5.74) is 0.220. The number of halogens is 2. The molecular weight excluding hydrogens is 471 g/mol. The molecule has 0 atom stereocenters. The summed E-state index contributed by atoms with van der Waals surface area (Å²) < 4.78 is 24.2.